The van der Waals surface area contributed by atoms with Crippen molar-refractivity contribution in [3.05, 3.63) is 131 Å². The molecule has 0 unspecified atom stereocenters. The van der Waals surface area contributed by atoms with E-state index in [2.05, 4.69) is 128 Å². The summed E-state index contributed by atoms with van der Waals surface area (Å²) in [5, 5.41) is 2.55. The summed E-state index contributed by atoms with van der Waals surface area (Å²) in [6.45, 7) is 4.73. The summed E-state index contributed by atoms with van der Waals surface area (Å²) in [6.07, 6.45) is 8.08. The molecule has 170 valence electrons. The van der Waals surface area contributed by atoms with Gasteiger partial charge in [0.15, 0.2) is 0 Å². The quantitative estimate of drug-likeness (QED) is 0.275. The van der Waals surface area contributed by atoms with Gasteiger partial charge < -0.3 is 4.98 Å². The van der Waals surface area contributed by atoms with Gasteiger partial charge in [0.2, 0.25) is 0 Å². The molecule has 0 aliphatic heterocycles. The number of rotatable bonds is 2. The molecule has 0 amide bonds. The van der Waals surface area contributed by atoms with Gasteiger partial charge in [-0.2, -0.15) is 0 Å². The third-order valence-corrected chi connectivity index (χ3v) is 7.91. The number of hydrogen-bond acceptors (Lipinski definition) is 0. The molecule has 0 spiro atoms. The van der Waals surface area contributed by atoms with Gasteiger partial charge in [0.1, 0.15) is 0 Å². The smallest absolute Gasteiger partial charge is 0.0544 e. The lowest BCUT2D eigenvalue weighted by Gasteiger charge is -2.23. The van der Waals surface area contributed by atoms with Crippen LogP contribution < -0.4 is 0 Å². The first-order valence-electron chi connectivity index (χ1n) is 12.4. The van der Waals surface area contributed by atoms with Gasteiger partial charge in [-0.1, -0.05) is 111 Å². The maximum absolute atomic E-state index is 3.70. The highest BCUT2D eigenvalue weighted by atomic mass is 14.7. The van der Waals surface area contributed by atoms with E-state index in [-0.39, 0.29) is 6.84 Å². The predicted molar refractivity (Wildman–Crippen MR) is 151 cm³/mol. The van der Waals surface area contributed by atoms with E-state index in [1.807, 2.05) is 0 Å². The van der Waals surface area contributed by atoms with Crippen molar-refractivity contribution in [1.29, 1.82) is 0 Å². The average molecular weight is 452 g/mol. The minimum atomic E-state index is -0.00463. The number of allylic oxidation sites excluding steroid dienone is 6. The van der Waals surface area contributed by atoms with Crippen LogP contribution in [0, 0.1) is 0 Å². The summed E-state index contributed by atoms with van der Waals surface area (Å²) < 4.78 is 0. The summed E-state index contributed by atoms with van der Waals surface area (Å²) in [5.74, 6) is 0. The molecular formula is C34H29N. The second-order valence-corrected chi connectivity index (χ2v) is 10.2. The van der Waals surface area contributed by atoms with Gasteiger partial charge in [0, 0.05) is 28.7 Å². The second-order valence-electron chi connectivity index (χ2n) is 10.2. The topological polar surface area (TPSA) is 15.8 Å². The zero-order valence-electron chi connectivity index (χ0n) is 20.1. The summed E-state index contributed by atoms with van der Waals surface area (Å²) in [4.78, 5) is 3.70. The van der Waals surface area contributed by atoms with E-state index in [9.17, 15) is 0 Å². The monoisotopic (exact) mass is 451 g/mol. The lowest BCUT2D eigenvalue weighted by atomic mass is 9.80. The van der Waals surface area contributed by atoms with Gasteiger partial charge >= 0.3 is 0 Å². The van der Waals surface area contributed by atoms with Crippen LogP contribution in [0.1, 0.15) is 38.4 Å². The van der Waals surface area contributed by atoms with Crippen molar-refractivity contribution >= 4 is 33.0 Å². The van der Waals surface area contributed by atoms with E-state index in [1.165, 1.54) is 66.3 Å². The second kappa shape index (κ2) is 7.45. The van der Waals surface area contributed by atoms with Crippen LogP contribution in [-0.4, -0.2) is 4.98 Å². The zero-order chi connectivity index (χ0) is 23.6. The first-order valence-corrected chi connectivity index (χ1v) is 12.4. The van der Waals surface area contributed by atoms with Crippen LogP contribution in [0.15, 0.2) is 115 Å². The summed E-state index contributed by atoms with van der Waals surface area (Å²) in [6, 6.07) is 33.0. The van der Waals surface area contributed by atoms with Crippen LogP contribution in [0.2, 0.25) is 0 Å². The van der Waals surface area contributed by atoms with Gasteiger partial charge in [0.05, 0.1) is 5.52 Å². The Morgan fingerprint density at radius 1 is 0.686 bits per heavy atom. The zero-order valence-corrected chi connectivity index (χ0v) is 20.1. The predicted octanol–water partition coefficient (Wildman–Crippen LogP) is 9.32. The van der Waals surface area contributed by atoms with Crippen LogP contribution >= 0.6 is 0 Å². The molecule has 0 saturated carbocycles. The Morgan fingerprint density at radius 3 is 2.26 bits per heavy atom. The molecule has 1 nitrogen and oxygen atoms in total. The fourth-order valence-electron chi connectivity index (χ4n) is 6.19. The number of para-hydroxylation sites is 2. The Bertz CT molecular complexity index is 1740. The molecule has 1 heterocycles. The third kappa shape index (κ3) is 2.94. The van der Waals surface area contributed by atoms with Crippen molar-refractivity contribution < 1.29 is 1.43 Å². The van der Waals surface area contributed by atoms with Crippen molar-refractivity contribution in [1.82, 2.24) is 4.98 Å². The van der Waals surface area contributed by atoms with Gasteiger partial charge in [-0.3, -0.25) is 0 Å². The van der Waals surface area contributed by atoms with Crippen molar-refractivity contribution in [3.8, 4) is 11.1 Å². The maximum Gasteiger partial charge on any atom is 0.0544 e. The highest BCUT2D eigenvalue weighted by Gasteiger charge is 2.36. The van der Waals surface area contributed by atoms with Crippen LogP contribution in [0.4, 0.5) is 0 Å². The number of fused-ring (bicyclic) bond motifs is 5. The van der Waals surface area contributed by atoms with Crippen molar-refractivity contribution in [2.24, 2.45) is 0 Å². The van der Waals surface area contributed by atoms with Gasteiger partial charge in [-0.25, -0.2) is 0 Å². The van der Waals surface area contributed by atoms with Crippen LogP contribution in [-0.2, 0) is 5.41 Å². The summed E-state index contributed by atoms with van der Waals surface area (Å²) in [7, 11) is 0. The van der Waals surface area contributed by atoms with Crippen LogP contribution in [0.3, 0.4) is 0 Å². The third-order valence-electron chi connectivity index (χ3n) is 7.91. The molecule has 0 bridgehead atoms. The normalized spacial score (nSPS) is 16.3. The van der Waals surface area contributed by atoms with E-state index in [1.54, 1.807) is 0 Å². The van der Waals surface area contributed by atoms with Crippen LogP contribution in [0.5, 0.6) is 0 Å². The lowest BCUT2D eigenvalue weighted by Crippen LogP contribution is -2.16. The Kier molecular flexibility index (Phi) is 4.32. The van der Waals surface area contributed by atoms with Crippen molar-refractivity contribution in [3.63, 3.8) is 0 Å². The molecule has 7 rings (SSSR count). The van der Waals surface area contributed by atoms with E-state index >= 15 is 0 Å². The molecule has 4 aromatic carbocycles. The number of H-pyrrole nitrogens is 1. The largest absolute Gasteiger partial charge is 0.354 e. The molecular weight excluding hydrogens is 422 g/mol. The first kappa shape index (κ1) is 20.3. The highest BCUT2D eigenvalue weighted by molar-refractivity contribution is 6.12. The Balaban J connectivity index is 0.00000240. The van der Waals surface area contributed by atoms with E-state index < -0.39 is 0 Å². The molecule has 0 atom stereocenters. The van der Waals surface area contributed by atoms with E-state index in [0.717, 1.165) is 6.42 Å². The minimum Gasteiger partial charge on any atom is -0.354 e. The minimum absolute atomic E-state index is 0. The molecule has 2 aliphatic carbocycles. The molecule has 5 aromatic rings. The average Bonchev–Trinajstić information content (AvgIpc) is 3.25. The number of hydrogen-bond donors (Lipinski definition) is 1. The van der Waals surface area contributed by atoms with Crippen molar-refractivity contribution in [2.75, 3.05) is 0 Å². The molecule has 1 heteroatoms. The van der Waals surface area contributed by atoms with E-state index in [0.29, 0.717) is 0 Å². The lowest BCUT2D eigenvalue weighted by molar-refractivity contribution is 0.654. The highest BCUT2D eigenvalue weighted by Crippen LogP contribution is 2.50. The Labute approximate surface area is 207 Å². The molecule has 35 heavy (non-hydrogen) atoms. The Hall–Kier alpha value is -4.10. The van der Waals surface area contributed by atoms with Gasteiger partial charge in [0.25, 0.3) is 0 Å². The van der Waals surface area contributed by atoms with Gasteiger partial charge in [-0.15, -0.1) is 0 Å². The maximum atomic E-state index is 3.70. The van der Waals surface area contributed by atoms with Gasteiger partial charge in [-0.05, 0) is 57.5 Å². The molecule has 2 aliphatic rings. The molecule has 0 fully saturated rings. The molecule has 0 radical (unpaired) electrons. The molecule has 1 aromatic heterocycles. The van der Waals surface area contributed by atoms with E-state index in [4.69, 9.17) is 0 Å². The van der Waals surface area contributed by atoms with Crippen molar-refractivity contribution in [2.45, 2.75) is 25.7 Å². The number of benzene rings is 4. The number of aromatic amines is 1. The number of nitrogens with one attached hydrogen (secondary N) is 1. The standard InChI is InChI=1S/C34H27N.H2/c1-34(2)30-19-7-5-14-25(30)26-16-9-11-22(21-31(26)34)23-12-3-4-13-24(23)28-17-10-18-29-27-15-6-8-20-32(27)35-33(28)29;/h3-15,17-21,35H,16H2,1-2H3;1H. The SMILES string of the molecule is CC1(C)C2=C(CC=CC(c3ccccc3-c3cccc4c3[nH]c3ccccc34)=C2)c2ccccc21.[HH]. The fourth-order valence-corrected chi connectivity index (χ4v) is 6.19. The Morgan fingerprint density at radius 2 is 1.37 bits per heavy atom. The summed E-state index contributed by atoms with van der Waals surface area (Å²) >= 11 is 0. The molecule has 1 N–H and O–H groups in total. The summed E-state index contributed by atoms with van der Waals surface area (Å²) in [5.41, 5.74) is 13.2. The number of aromatic nitrogens is 1. The molecule has 0 saturated heterocycles. The first-order chi connectivity index (χ1) is 17.1. The van der Waals surface area contributed by atoms with Crippen LogP contribution in [0.25, 0.3) is 44.1 Å². The fraction of sp³-hybridized carbons (Fsp3) is 0.118.